The van der Waals surface area contributed by atoms with Crippen LogP contribution in [-0.4, -0.2) is 14.1 Å². The van der Waals surface area contributed by atoms with Crippen LogP contribution < -0.4 is 11.0 Å². The molecule has 0 aliphatic carbocycles. The minimum absolute atomic E-state index is 0.0939. The summed E-state index contributed by atoms with van der Waals surface area (Å²) >= 11 is 0. The van der Waals surface area contributed by atoms with Gasteiger partial charge in [0.05, 0.1) is 11.2 Å². The van der Waals surface area contributed by atoms with Crippen LogP contribution in [-0.2, 0) is 7.05 Å². The van der Waals surface area contributed by atoms with Gasteiger partial charge in [-0.05, 0) is 31.2 Å². The van der Waals surface area contributed by atoms with Crippen LogP contribution in [0.15, 0.2) is 88.5 Å². The second kappa shape index (κ2) is 6.81. The predicted molar refractivity (Wildman–Crippen MR) is 120 cm³/mol. The molecule has 0 N–H and O–H groups in total. The standard InChI is InChI=1S/C25H19N3O2/c1-16-12-14-18(15-13-16)28-23(17-8-4-3-5-9-17)26-24-21(25(28)30)22(29)19-10-6-7-11-20(19)27(24)2/h3-15H,1-2H3. The molecule has 2 aromatic heterocycles. The Balaban J connectivity index is 2.01. The zero-order chi connectivity index (χ0) is 20.8. The topological polar surface area (TPSA) is 56.9 Å². The predicted octanol–water partition coefficient (Wildman–Crippen LogP) is 4.21. The Labute approximate surface area is 172 Å². The van der Waals surface area contributed by atoms with Gasteiger partial charge in [0.1, 0.15) is 11.2 Å². The van der Waals surface area contributed by atoms with Crippen molar-refractivity contribution in [1.82, 2.24) is 14.1 Å². The number of fused-ring (bicyclic) bond motifs is 2. The Morgan fingerprint density at radius 1 is 0.800 bits per heavy atom. The summed E-state index contributed by atoms with van der Waals surface area (Å²) in [4.78, 5) is 31.9. The molecule has 0 amide bonds. The molecule has 5 nitrogen and oxygen atoms in total. The van der Waals surface area contributed by atoms with Gasteiger partial charge in [0, 0.05) is 18.0 Å². The van der Waals surface area contributed by atoms with Gasteiger partial charge in [0.2, 0.25) is 5.43 Å². The van der Waals surface area contributed by atoms with Crippen LogP contribution in [0, 0.1) is 6.92 Å². The highest BCUT2D eigenvalue weighted by Crippen LogP contribution is 2.23. The first kappa shape index (κ1) is 18.1. The van der Waals surface area contributed by atoms with Crippen molar-refractivity contribution >= 4 is 21.9 Å². The zero-order valence-corrected chi connectivity index (χ0v) is 16.7. The van der Waals surface area contributed by atoms with Crippen molar-refractivity contribution in [2.24, 2.45) is 7.05 Å². The number of hydrogen-bond donors (Lipinski definition) is 0. The van der Waals surface area contributed by atoms with E-state index >= 15 is 0 Å². The van der Waals surface area contributed by atoms with Crippen molar-refractivity contribution in [3.05, 3.63) is 105 Å². The first-order valence-electron chi connectivity index (χ1n) is 9.73. The molecular weight excluding hydrogens is 374 g/mol. The smallest absolute Gasteiger partial charge is 0.271 e. The lowest BCUT2D eigenvalue weighted by molar-refractivity contribution is 0.924. The summed E-state index contributed by atoms with van der Waals surface area (Å²) in [6.45, 7) is 1.99. The Kier molecular flexibility index (Phi) is 4.10. The number of hydrogen-bond acceptors (Lipinski definition) is 3. The number of para-hydroxylation sites is 1. The van der Waals surface area contributed by atoms with Gasteiger partial charge in [-0.3, -0.25) is 14.2 Å². The maximum Gasteiger partial charge on any atom is 0.271 e. The fraction of sp³-hybridized carbons (Fsp3) is 0.0800. The van der Waals surface area contributed by atoms with E-state index in [9.17, 15) is 9.59 Å². The molecule has 0 saturated carbocycles. The highest BCUT2D eigenvalue weighted by Gasteiger charge is 2.19. The molecule has 5 aromatic rings. The van der Waals surface area contributed by atoms with E-state index in [1.165, 1.54) is 4.57 Å². The molecule has 0 spiro atoms. The largest absolute Gasteiger partial charge is 0.328 e. The summed E-state index contributed by atoms with van der Waals surface area (Å²) in [6.07, 6.45) is 0. The molecule has 0 fully saturated rings. The van der Waals surface area contributed by atoms with E-state index in [0.29, 0.717) is 22.5 Å². The van der Waals surface area contributed by atoms with Gasteiger partial charge in [-0.15, -0.1) is 0 Å². The van der Waals surface area contributed by atoms with E-state index in [2.05, 4.69) is 0 Å². The van der Waals surface area contributed by atoms with Crippen LogP contribution in [0.1, 0.15) is 5.56 Å². The minimum Gasteiger partial charge on any atom is -0.328 e. The Morgan fingerprint density at radius 3 is 2.20 bits per heavy atom. The Hall–Kier alpha value is -3.99. The molecule has 5 heteroatoms. The molecule has 0 atom stereocenters. The molecule has 0 radical (unpaired) electrons. The Morgan fingerprint density at radius 2 is 1.47 bits per heavy atom. The summed E-state index contributed by atoms with van der Waals surface area (Å²) < 4.78 is 3.35. The van der Waals surface area contributed by atoms with E-state index in [0.717, 1.165) is 16.6 Å². The van der Waals surface area contributed by atoms with E-state index in [-0.39, 0.29) is 16.4 Å². The molecule has 0 unspecified atom stereocenters. The number of pyridine rings is 1. The van der Waals surface area contributed by atoms with Gasteiger partial charge in [0.15, 0.2) is 5.65 Å². The van der Waals surface area contributed by atoms with E-state index < -0.39 is 0 Å². The van der Waals surface area contributed by atoms with Gasteiger partial charge in [-0.2, -0.15) is 0 Å². The molecule has 0 aliphatic rings. The summed E-state index contributed by atoms with van der Waals surface area (Å²) in [7, 11) is 1.83. The monoisotopic (exact) mass is 393 g/mol. The van der Waals surface area contributed by atoms with Crippen molar-refractivity contribution in [2.45, 2.75) is 6.92 Å². The molecule has 0 saturated heterocycles. The van der Waals surface area contributed by atoms with Gasteiger partial charge in [-0.1, -0.05) is 60.2 Å². The molecule has 146 valence electrons. The first-order valence-corrected chi connectivity index (χ1v) is 9.73. The number of nitrogens with zero attached hydrogens (tertiary/aromatic N) is 3. The van der Waals surface area contributed by atoms with Crippen molar-refractivity contribution in [2.75, 3.05) is 0 Å². The van der Waals surface area contributed by atoms with Crippen LogP contribution in [0.5, 0.6) is 0 Å². The third-order valence-electron chi connectivity index (χ3n) is 5.44. The minimum atomic E-state index is -0.367. The fourth-order valence-electron chi connectivity index (χ4n) is 3.87. The lowest BCUT2D eigenvalue weighted by Crippen LogP contribution is -2.28. The highest BCUT2D eigenvalue weighted by atomic mass is 16.1. The quantitative estimate of drug-likeness (QED) is 0.422. The molecular formula is C25H19N3O2. The van der Waals surface area contributed by atoms with Crippen molar-refractivity contribution in [1.29, 1.82) is 0 Å². The molecule has 2 heterocycles. The lowest BCUT2D eigenvalue weighted by Gasteiger charge is -2.16. The Bertz CT molecular complexity index is 1530. The summed E-state index contributed by atoms with van der Waals surface area (Å²) in [5, 5.41) is 0.603. The number of benzene rings is 3. The lowest BCUT2D eigenvalue weighted by atomic mass is 10.1. The van der Waals surface area contributed by atoms with Gasteiger partial charge in [0.25, 0.3) is 5.56 Å². The maximum absolute atomic E-state index is 13.7. The van der Waals surface area contributed by atoms with E-state index in [4.69, 9.17) is 4.98 Å². The van der Waals surface area contributed by atoms with E-state index in [1.807, 2.05) is 85.3 Å². The SMILES string of the molecule is Cc1ccc(-n2c(-c3ccccc3)nc3c(c(=O)c4ccccc4n3C)c2=O)cc1. The highest BCUT2D eigenvalue weighted by molar-refractivity contribution is 5.92. The van der Waals surface area contributed by atoms with Gasteiger partial charge < -0.3 is 4.57 Å². The van der Waals surface area contributed by atoms with Crippen LogP contribution in [0.4, 0.5) is 0 Å². The summed E-state index contributed by atoms with van der Waals surface area (Å²) in [5.41, 5.74) is 3.03. The van der Waals surface area contributed by atoms with Crippen molar-refractivity contribution in [3.8, 4) is 17.1 Å². The third-order valence-corrected chi connectivity index (χ3v) is 5.44. The van der Waals surface area contributed by atoms with Gasteiger partial charge in [-0.25, -0.2) is 4.98 Å². The molecule has 0 aliphatic heterocycles. The van der Waals surface area contributed by atoms with Crippen LogP contribution in [0.25, 0.3) is 39.0 Å². The normalized spacial score (nSPS) is 11.3. The number of aryl methyl sites for hydroxylation is 2. The van der Waals surface area contributed by atoms with Gasteiger partial charge >= 0.3 is 0 Å². The second-order valence-electron chi connectivity index (χ2n) is 7.38. The third kappa shape index (κ3) is 2.67. The van der Waals surface area contributed by atoms with Crippen LogP contribution in [0.3, 0.4) is 0 Å². The zero-order valence-electron chi connectivity index (χ0n) is 16.7. The average Bonchev–Trinajstić information content (AvgIpc) is 2.78. The second-order valence-corrected chi connectivity index (χ2v) is 7.38. The summed E-state index contributed by atoms with van der Waals surface area (Å²) in [6, 6.07) is 24.5. The number of aromatic nitrogens is 3. The summed E-state index contributed by atoms with van der Waals surface area (Å²) in [5.74, 6) is 0.502. The average molecular weight is 393 g/mol. The molecule has 5 rings (SSSR count). The molecule has 3 aromatic carbocycles. The van der Waals surface area contributed by atoms with Crippen molar-refractivity contribution < 1.29 is 0 Å². The van der Waals surface area contributed by atoms with Crippen LogP contribution >= 0.6 is 0 Å². The van der Waals surface area contributed by atoms with Crippen LogP contribution in [0.2, 0.25) is 0 Å². The molecule has 30 heavy (non-hydrogen) atoms. The maximum atomic E-state index is 13.7. The van der Waals surface area contributed by atoms with Crippen molar-refractivity contribution in [3.63, 3.8) is 0 Å². The molecule has 0 bridgehead atoms. The first-order chi connectivity index (χ1) is 14.6. The van der Waals surface area contributed by atoms with E-state index in [1.54, 1.807) is 12.1 Å². The number of rotatable bonds is 2. The fourth-order valence-corrected chi connectivity index (χ4v) is 3.87.